The number of carbonyl (C=O) groups is 7. The molecule has 4 aromatic carbocycles. The number of carboxylic acid groups (broad SMARTS) is 2. The Bertz CT molecular complexity index is 6050. The molecule has 618 valence electrons. The van der Waals surface area contributed by atoms with Crippen LogP contribution >= 0.6 is 69.9 Å². The fourth-order valence-corrected chi connectivity index (χ4v) is 11.1. The Morgan fingerprint density at radius 2 is 0.857 bits per heavy atom. The van der Waals surface area contributed by atoms with Crippen LogP contribution in [0.2, 0.25) is 20.7 Å². The molecule has 0 fully saturated rings. The quantitative estimate of drug-likeness (QED) is 0.00748. The zero-order valence-electron chi connectivity index (χ0n) is 63.3. The number of ether oxygens (including phenoxy) is 3. The zero-order chi connectivity index (χ0) is 86.4. The van der Waals surface area contributed by atoms with Crippen LogP contribution in [0.4, 0.5) is 46.2 Å². The fraction of sp³-hybridized carbons (Fsp3) is 0.181. The summed E-state index contributed by atoms with van der Waals surface area (Å²) in [6.07, 6.45) is 18.5. The molecule has 18 N–H and O–H groups in total. The van der Waals surface area contributed by atoms with Gasteiger partial charge in [0.15, 0.2) is 10.3 Å². The number of rotatable bonds is 22. The first-order valence-corrected chi connectivity index (χ1v) is 38.4. The van der Waals surface area contributed by atoms with Crippen molar-refractivity contribution in [2.45, 2.75) is 57.4 Å². The predicted octanol–water partition coefficient (Wildman–Crippen LogP) is 10.8. The van der Waals surface area contributed by atoms with Gasteiger partial charge in [-0.3, -0.25) is 40.0 Å². The largest absolute Gasteiger partial charge is 0.478 e. The lowest BCUT2D eigenvalue weighted by Crippen LogP contribution is -2.37. The highest BCUT2D eigenvalue weighted by Crippen LogP contribution is 2.28. The second-order valence-electron chi connectivity index (χ2n) is 23.8. The summed E-state index contributed by atoms with van der Waals surface area (Å²) in [6, 6.07) is 21.8. The van der Waals surface area contributed by atoms with E-state index in [4.69, 9.17) is 78.2 Å². The lowest BCUT2D eigenvalue weighted by Gasteiger charge is -2.18. The van der Waals surface area contributed by atoms with Crippen LogP contribution in [-0.2, 0) is 19.0 Å². The molecule has 0 saturated carbocycles. The van der Waals surface area contributed by atoms with Crippen molar-refractivity contribution in [2.24, 2.45) is 17.4 Å². The molecule has 0 unspecified atom stereocenters. The SMILES string of the molecule is CC(C)C[C@@H](Nc1ncc(C(N)=O)c(Nc2ccc3cn[nH]c3c2)n1)C(N)=O.CCOC(=O)c1cnc(=O)[nH]c1Cl.CCOC(=O)c1cnc(Cl)nc1Cl.CCOC(=O)c1cnc(SC)nc1Nc1ccc2cn[nH]c2c1.CSc1ncc(C(=O)O)c(Nc2ccc3cn[nH]c3c2)n1.Nc1ccc2cn[nH]c2c1.O=C(O)c1cnc(=O)[nH]c1Cl. The third kappa shape index (κ3) is 26.8. The summed E-state index contributed by atoms with van der Waals surface area (Å²) in [4.78, 5) is 143. The molecular formula is C72H71Cl4N27O14S2. The number of anilines is 8. The monoisotopic (exact) mass is 1740 g/mol. The van der Waals surface area contributed by atoms with E-state index in [9.17, 15) is 48.3 Å². The van der Waals surface area contributed by atoms with Crippen LogP contribution in [0, 0.1) is 5.92 Å². The molecule has 0 radical (unpaired) electrons. The van der Waals surface area contributed by atoms with Crippen molar-refractivity contribution >= 4 is 201 Å². The number of primary amides is 2. The summed E-state index contributed by atoms with van der Waals surface area (Å²) in [5.41, 5.74) is 22.1. The number of thioether (sulfide) groups is 2. The maximum atomic E-state index is 12.1. The van der Waals surface area contributed by atoms with Gasteiger partial charge in [0, 0.05) is 69.1 Å². The molecule has 0 spiro atoms. The predicted molar refractivity (Wildman–Crippen MR) is 446 cm³/mol. The number of fused-ring (bicyclic) bond motifs is 4. The summed E-state index contributed by atoms with van der Waals surface area (Å²) < 4.78 is 14.4. The molecule has 1 atom stereocenters. The van der Waals surface area contributed by atoms with Gasteiger partial charge in [-0.1, -0.05) is 72.2 Å². The van der Waals surface area contributed by atoms with Crippen molar-refractivity contribution in [3.8, 4) is 0 Å². The molecule has 0 aliphatic carbocycles. The first kappa shape index (κ1) is 90.5. The topological polar surface area (TPSA) is 623 Å². The number of H-pyrrole nitrogens is 6. The van der Waals surface area contributed by atoms with E-state index in [1.807, 2.05) is 104 Å². The van der Waals surface area contributed by atoms with Gasteiger partial charge in [-0.25, -0.2) is 78.4 Å². The number of aromatic nitrogens is 20. The summed E-state index contributed by atoms with van der Waals surface area (Å²) >= 11 is 24.7. The Morgan fingerprint density at radius 1 is 0.471 bits per heavy atom. The van der Waals surface area contributed by atoms with E-state index >= 15 is 0 Å². The number of halogens is 4. The number of benzene rings is 4. The molecule has 2 amide bonds. The van der Waals surface area contributed by atoms with Gasteiger partial charge in [-0.2, -0.15) is 25.4 Å². The summed E-state index contributed by atoms with van der Waals surface area (Å²) in [5.74, 6) is -3.77. The van der Waals surface area contributed by atoms with E-state index in [2.05, 4.69) is 122 Å². The average Bonchev–Trinajstić information content (AvgIpc) is 1.80. The highest BCUT2D eigenvalue weighted by atomic mass is 35.5. The van der Waals surface area contributed by atoms with Gasteiger partial charge in [0.2, 0.25) is 17.1 Å². The molecule has 10 aromatic heterocycles. The number of nitrogen functional groups attached to an aromatic ring is 1. The number of hydrogen-bond acceptors (Lipinski definition) is 33. The van der Waals surface area contributed by atoms with Crippen molar-refractivity contribution < 1.29 is 58.0 Å². The van der Waals surface area contributed by atoms with E-state index in [-0.39, 0.29) is 85.3 Å². The molecule has 10 heterocycles. The van der Waals surface area contributed by atoms with Crippen LogP contribution in [0.3, 0.4) is 0 Å². The number of carbonyl (C=O) groups excluding carboxylic acids is 5. The van der Waals surface area contributed by atoms with Gasteiger partial charge >= 0.3 is 41.2 Å². The molecule has 0 bridgehead atoms. The fourth-order valence-electron chi connectivity index (χ4n) is 9.58. The first-order chi connectivity index (χ1) is 57.0. The number of nitrogens with two attached hydrogens (primary N) is 3. The minimum atomic E-state index is -1.22. The van der Waals surface area contributed by atoms with Gasteiger partial charge in [0.25, 0.3) is 5.91 Å². The Kier molecular flexibility index (Phi) is 33.6. The van der Waals surface area contributed by atoms with E-state index in [1.54, 1.807) is 45.6 Å². The molecule has 0 aliphatic rings. The van der Waals surface area contributed by atoms with E-state index in [0.29, 0.717) is 40.4 Å². The van der Waals surface area contributed by atoms with Crippen molar-refractivity contribution in [3.05, 3.63) is 210 Å². The molecule has 119 heavy (non-hydrogen) atoms. The van der Waals surface area contributed by atoms with Crippen LogP contribution in [0.1, 0.15) is 103 Å². The minimum Gasteiger partial charge on any atom is -0.478 e. The standard InChI is InChI=1S/C18H22N8O2.C15H15N5O2S.C13H11N5O2S.C7H6Cl2N2O2.C7H7ClN2O3.C7H7N3.C5H3ClN2O3/c1-9(2)5-14(16(20)28)24-18-21-8-12(15(19)27)17(25-18)23-11-4-3-10-7-22-26-13(10)6-11;1-3-22-14(21)11-8-16-15(23-2)19-13(11)18-10-5-4-9-7-17-20-12(9)6-10;1-21-13-14-6-9(12(19)20)11(17-13)16-8-3-2-7-5-15-18-10(7)4-8;1-2-13-6(12)4-3-10-7(9)11-5(4)8;1-2-13-6(11)4-3-9-7(12)10-5(4)8;8-6-2-1-5-4-9-10-7(5)3-6;6-3-2(4(9)10)1-7-5(11)8-3/h3-4,6-9,14H,5H2,1-2H3,(H2,19,27)(H2,20,28)(H,22,26)(H2,21,23,24,25);4-8H,3H2,1-2H3,(H,17,20)(H,16,18,19);2-6H,1H3,(H,15,18)(H,19,20)(H,14,16,17);3H,2H2,1H3;3H,2H2,1H3,(H,9,10,12);1-4H,8H2,(H,9,10);1H,(H,9,10)(H,7,8,11)/t14-;;;;;;/m1....../s1. The maximum Gasteiger partial charge on any atom is 0.346 e. The van der Waals surface area contributed by atoms with E-state index < -0.39 is 59.1 Å². The van der Waals surface area contributed by atoms with Crippen molar-refractivity contribution in [3.63, 3.8) is 0 Å². The highest BCUT2D eigenvalue weighted by molar-refractivity contribution is 7.98. The van der Waals surface area contributed by atoms with Crippen molar-refractivity contribution in [1.29, 1.82) is 0 Å². The number of nitrogens with one attached hydrogen (secondary N) is 10. The lowest BCUT2D eigenvalue weighted by molar-refractivity contribution is -0.119. The molecule has 47 heteroatoms. The second-order valence-corrected chi connectivity index (χ2v) is 26.8. The van der Waals surface area contributed by atoms with Crippen LogP contribution in [-0.4, -0.2) is 191 Å². The highest BCUT2D eigenvalue weighted by Gasteiger charge is 2.23. The number of amides is 2. The number of nitrogens with zero attached hydrogens (tertiary/aromatic N) is 14. The molecule has 0 aliphatic heterocycles. The summed E-state index contributed by atoms with van der Waals surface area (Å²) in [5, 5.41) is 61.9. The van der Waals surface area contributed by atoms with E-state index in [1.165, 1.54) is 48.3 Å². The van der Waals surface area contributed by atoms with Crippen LogP contribution in [0.15, 0.2) is 155 Å². The van der Waals surface area contributed by atoms with Crippen molar-refractivity contribution in [2.75, 3.05) is 59.3 Å². The van der Waals surface area contributed by atoms with Gasteiger partial charge in [0.1, 0.15) is 72.3 Å². The van der Waals surface area contributed by atoms with Crippen LogP contribution in [0.5, 0.6) is 0 Å². The Labute approximate surface area is 699 Å². The third-order valence-electron chi connectivity index (χ3n) is 15.1. The molecule has 14 aromatic rings. The van der Waals surface area contributed by atoms with Gasteiger partial charge in [-0.15, -0.1) is 0 Å². The third-order valence-corrected chi connectivity index (χ3v) is 17.3. The number of aromatic amines is 6. The Balaban J connectivity index is 0.000000178. The Hall–Kier alpha value is -14.0. The maximum absolute atomic E-state index is 12.1. The zero-order valence-corrected chi connectivity index (χ0v) is 68.0. The Morgan fingerprint density at radius 3 is 1.27 bits per heavy atom. The van der Waals surface area contributed by atoms with Gasteiger partial charge < -0.3 is 62.9 Å². The number of carboxylic acids is 2. The molecule has 14 rings (SSSR count). The number of aromatic carboxylic acids is 2. The first-order valence-electron chi connectivity index (χ1n) is 34.5. The lowest BCUT2D eigenvalue weighted by atomic mass is 10.0. The number of hydrogen-bond donors (Lipinski definition) is 15. The van der Waals surface area contributed by atoms with Crippen LogP contribution < -0.4 is 49.8 Å². The van der Waals surface area contributed by atoms with E-state index in [0.717, 1.165) is 73.1 Å². The molecular weight excluding hydrogens is 1670 g/mol. The molecule has 41 nitrogen and oxygen atoms in total. The summed E-state index contributed by atoms with van der Waals surface area (Å²) in [7, 11) is 0. The smallest absolute Gasteiger partial charge is 0.346 e. The normalized spacial score (nSPS) is 10.7. The average molecular weight is 1740 g/mol. The van der Waals surface area contributed by atoms with Gasteiger partial charge in [0.05, 0.1) is 79.1 Å². The number of esters is 3. The van der Waals surface area contributed by atoms with Crippen molar-refractivity contribution in [1.82, 2.24) is 101 Å². The molecule has 0 saturated heterocycles. The summed E-state index contributed by atoms with van der Waals surface area (Å²) in [6.45, 7) is 9.90. The van der Waals surface area contributed by atoms with Crippen LogP contribution in [0.25, 0.3) is 43.6 Å². The van der Waals surface area contributed by atoms with Gasteiger partial charge in [-0.05, 0) is 130 Å². The minimum absolute atomic E-state index is 0.00144. The second kappa shape index (κ2) is 44.2.